The van der Waals surface area contributed by atoms with Gasteiger partial charge in [-0.25, -0.2) is 8.78 Å². The summed E-state index contributed by atoms with van der Waals surface area (Å²) in [6, 6.07) is 5.46. The summed E-state index contributed by atoms with van der Waals surface area (Å²) in [6.45, 7) is 5.45. The van der Waals surface area contributed by atoms with Crippen molar-refractivity contribution in [2.24, 2.45) is 4.99 Å². The zero-order valence-electron chi connectivity index (χ0n) is 16.0. The second-order valence-electron chi connectivity index (χ2n) is 7.29. The quantitative estimate of drug-likeness (QED) is 0.362. The topological polar surface area (TPSA) is 39.7 Å². The molecular formula is C20H31F2IN4. The van der Waals surface area contributed by atoms with Crippen molar-refractivity contribution >= 4 is 29.9 Å². The Kier molecular flexibility index (Phi) is 9.21. The predicted molar refractivity (Wildman–Crippen MR) is 117 cm³/mol. The minimum Gasteiger partial charge on any atom is -0.357 e. The second kappa shape index (κ2) is 11.1. The zero-order chi connectivity index (χ0) is 18.4. The van der Waals surface area contributed by atoms with Gasteiger partial charge in [-0.15, -0.1) is 24.0 Å². The Labute approximate surface area is 178 Å². The molecule has 1 aromatic rings. The number of hydrogen-bond donors (Lipinski definition) is 2. The lowest BCUT2D eigenvalue weighted by atomic mass is 10.1. The van der Waals surface area contributed by atoms with Crippen LogP contribution in [0, 0.1) is 11.6 Å². The molecule has 0 spiro atoms. The molecule has 2 N–H and O–H groups in total. The Hall–Kier alpha value is -0.960. The summed E-state index contributed by atoms with van der Waals surface area (Å²) in [7, 11) is 0. The zero-order valence-corrected chi connectivity index (χ0v) is 18.3. The first-order chi connectivity index (χ1) is 12.7. The average Bonchev–Trinajstić information content (AvgIpc) is 3.30. The summed E-state index contributed by atoms with van der Waals surface area (Å²) in [4.78, 5) is 7.16. The van der Waals surface area contributed by atoms with Crippen LogP contribution < -0.4 is 10.6 Å². The molecule has 1 heterocycles. The fourth-order valence-corrected chi connectivity index (χ4v) is 4.05. The molecule has 0 amide bonds. The van der Waals surface area contributed by atoms with Crippen LogP contribution in [0.15, 0.2) is 23.2 Å². The van der Waals surface area contributed by atoms with Gasteiger partial charge in [0.25, 0.3) is 0 Å². The van der Waals surface area contributed by atoms with Gasteiger partial charge in [-0.2, -0.15) is 0 Å². The number of rotatable bonds is 6. The van der Waals surface area contributed by atoms with Crippen LogP contribution in [-0.2, 0) is 6.42 Å². The van der Waals surface area contributed by atoms with Crippen molar-refractivity contribution in [3.8, 4) is 0 Å². The van der Waals surface area contributed by atoms with E-state index in [1.54, 1.807) is 6.07 Å². The molecule has 2 fully saturated rings. The number of guanidine groups is 1. The van der Waals surface area contributed by atoms with Crippen LogP contribution in [0.2, 0.25) is 0 Å². The smallest absolute Gasteiger partial charge is 0.191 e. The van der Waals surface area contributed by atoms with Crippen LogP contribution in [0.3, 0.4) is 0 Å². The standard InChI is InChI=1S/C20H30F2N4.HI/c1-2-23-20(24-12-10-15-6-5-9-18(21)19(15)22)25-16-11-13-26(14-16)17-7-3-4-8-17;/h5-6,9,16-17H,2-4,7-8,10-14H2,1H3,(H2,23,24,25);1H. The highest BCUT2D eigenvalue weighted by Gasteiger charge is 2.30. The van der Waals surface area contributed by atoms with Crippen molar-refractivity contribution in [1.82, 2.24) is 15.5 Å². The summed E-state index contributed by atoms with van der Waals surface area (Å²) in [5, 5.41) is 6.77. The maximum absolute atomic E-state index is 13.7. The highest BCUT2D eigenvalue weighted by Crippen LogP contribution is 2.26. The minimum atomic E-state index is -0.797. The van der Waals surface area contributed by atoms with Gasteiger partial charge in [0.05, 0.1) is 0 Å². The molecule has 1 aromatic carbocycles. The van der Waals surface area contributed by atoms with Crippen LogP contribution in [0.25, 0.3) is 0 Å². The predicted octanol–water partition coefficient (Wildman–Crippen LogP) is 3.70. The third-order valence-corrected chi connectivity index (χ3v) is 5.43. The monoisotopic (exact) mass is 492 g/mol. The maximum Gasteiger partial charge on any atom is 0.191 e. The fourth-order valence-electron chi connectivity index (χ4n) is 4.05. The molecule has 1 aliphatic heterocycles. The van der Waals surface area contributed by atoms with Crippen molar-refractivity contribution in [3.63, 3.8) is 0 Å². The van der Waals surface area contributed by atoms with E-state index in [4.69, 9.17) is 0 Å². The molecule has 0 aromatic heterocycles. The van der Waals surface area contributed by atoms with E-state index < -0.39 is 11.6 Å². The van der Waals surface area contributed by atoms with E-state index in [1.165, 1.54) is 31.7 Å². The second-order valence-corrected chi connectivity index (χ2v) is 7.29. The highest BCUT2D eigenvalue weighted by atomic mass is 127. The number of halogens is 3. The lowest BCUT2D eigenvalue weighted by molar-refractivity contribution is 0.242. The number of nitrogens with zero attached hydrogens (tertiary/aromatic N) is 2. The van der Waals surface area contributed by atoms with E-state index in [2.05, 4.69) is 20.5 Å². The highest BCUT2D eigenvalue weighted by molar-refractivity contribution is 14.0. The van der Waals surface area contributed by atoms with E-state index in [0.29, 0.717) is 24.6 Å². The Balaban J connectivity index is 0.00000261. The van der Waals surface area contributed by atoms with Gasteiger partial charge in [0.15, 0.2) is 17.6 Å². The minimum absolute atomic E-state index is 0. The number of hydrogen-bond acceptors (Lipinski definition) is 2. The normalized spacial score (nSPS) is 21.3. The first-order valence-corrected chi connectivity index (χ1v) is 9.89. The maximum atomic E-state index is 13.7. The molecule has 0 bridgehead atoms. The van der Waals surface area contributed by atoms with Gasteiger partial charge >= 0.3 is 0 Å². The number of aliphatic imine (C=N–C) groups is 1. The van der Waals surface area contributed by atoms with Crippen LogP contribution in [-0.4, -0.2) is 49.1 Å². The van der Waals surface area contributed by atoms with Gasteiger partial charge in [0.2, 0.25) is 0 Å². The Morgan fingerprint density at radius 3 is 2.74 bits per heavy atom. The molecule has 1 unspecified atom stereocenters. The van der Waals surface area contributed by atoms with E-state index in [0.717, 1.165) is 44.1 Å². The summed E-state index contributed by atoms with van der Waals surface area (Å²) in [6.07, 6.45) is 6.90. The first kappa shape index (κ1) is 22.3. The van der Waals surface area contributed by atoms with Crippen LogP contribution >= 0.6 is 24.0 Å². The van der Waals surface area contributed by atoms with Gasteiger partial charge in [0, 0.05) is 38.3 Å². The lowest BCUT2D eigenvalue weighted by Crippen LogP contribution is -2.45. The molecule has 0 radical (unpaired) electrons. The molecule has 3 rings (SSSR count). The van der Waals surface area contributed by atoms with E-state index in [-0.39, 0.29) is 24.0 Å². The lowest BCUT2D eigenvalue weighted by Gasteiger charge is -2.24. The third kappa shape index (κ3) is 6.27. The Bertz CT molecular complexity index is 620. The molecule has 2 aliphatic rings. The van der Waals surface area contributed by atoms with Crippen LogP contribution in [0.1, 0.15) is 44.6 Å². The Morgan fingerprint density at radius 1 is 1.22 bits per heavy atom. The van der Waals surface area contributed by atoms with Crippen molar-refractivity contribution in [2.45, 2.75) is 57.5 Å². The molecule has 27 heavy (non-hydrogen) atoms. The number of likely N-dealkylation sites (tertiary alicyclic amines) is 1. The summed E-state index contributed by atoms with van der Waals surface area (Å²) < 4.78 is 27.0. The van der Waals surface area contributed by atoms with E-state index >= 15 is 0 Å². The Morgan fingerprint density at radius 2 is 2.00 bits per heavy atom. The van der Waals surface area contributed by atoms with Crippen molar-refractivity contribution in [1.29, 1.82) is 0 Å². The molecular weight excluding hydrogens is 461 g/mol. The van der Waals surface area contributed by atoms with Gasteiger partial charge in [-0.05, 0) is 44.2 Å². The molecule has 1 saturated heterocycles. The molecule has 152 valence electrons. The van der Waals surface area contributed by atoms with E-state index in [1.807, 2.05) is 6.92 Å². The largest absolute Gasteiger partial charge is 0.357 e. The van der Waals surface area contributed by atoms with Crippen molar-refractivity contribution < 1.29 is 8.78 Å². The molecule has 1 saturated carbocycles. The van der Waals surface area contributed by atoms with Crippen molar-refractivity contribution in [2.75, 3.05) is 26.2 Å². The van der Waals surface area contributed by atoms with Crippen LogP contribution in [0.4, 0.5) is 8.78 Å². The molecule has 4 nitrogen and oxygen atoms in total. The molecule has 7 heteroatoms. The average molecular weight is 492 g/mol. The molecule has 1 aliphatic carbocycles. The first-order valence-electron chi connectivity index (χ1n) is 9.89. The fraction of sp³-hybridized carbons (Fsp3) is 0.650. The van der Waals surface area contributed by atoms with Crippen molar-refractivity contribution in [3.05, 3.63) is 35.4 Å². The SMILES string of the molecule is CCNC(=NCCc1cccc(F)c1F)NC1CCN(C2CCCC2)C1.I. The van der Waals surface area contributed by atoms with Crippen LogP contribution in [0.5, 0.6) is 0 Å². The number of nitrogens with one attached hydrogen (secondary N) is 2. The molecule has 1 atom stereocenters. The summed E-state index contributed by atoms with van der Waals surface area (Å²) in [5.41, 5.74) is 0.373. The summed E-state index contributed by atoms with van der Waals surface area (Å²) >= 11 is 0. The number of benzene rings is 1. The van der Waals surface area contributed by atoms with E-state index in [9.17, 15) is 8.78 Å². The van der Waals surface area contributed by atoms with Gasteiger partial charge in [-0.3, -0.25) is 9.89 Å². The van der Waals surface area contributed by atoms with Gasteiger partial charge < -0.3 is 10.6 Å². The van der Waals surface area contributed by atoms with Gasteiger partial charge in [-0.1, -0.05) is 25.0 Å². The third-order valence-electron chi connectivity index (χ3n) is 5.43. The summed E-state index contributed by atoms with van der Waals surface area (Å²) in [5.74, 6) is -0.791. The van der Waals surface area contributed by atoms with Gasteiger partial charge in [0.1, 0.15) is 0 Å².